The number of aryl methyl sites for hydroxylation is 1. The summed E-state index contributed by atoms with van der Waals surface area (Å²) in [7, 11) is 0. The number of hydrogen-bond acceptors (Lipinski definition) is 10. The van der Waals surface area contributed by atoms with Crippen LogP contribution in [0.5, 0.6) is 5.75 Å². The van der Waals surface area contributed by atoms with Gasteiger partial charge in [-0.25, -0.2) is 0 Å². The van der Waals surface area contributed by atoms with Gasteiger partial charge in [-0.1, -0.05) is 88.4 Å². The van der Waals surface area contributed by atoms with E-state index in [0.717, 1.165) is 16.7 Å². The molecule has 356 valence electrons. The number of morpholine rings is 1. The van der Waals surface area contributed by atoms with Gasteiger partial charge >= 0.3 is 5.97 Å². The van der Waals surface area contributed by atoms with Crippen molar-refractivity contribution in [2.45, 2.75) is 117 Å². The molecule has 15 nitrogen and oxygen atoms in total. The molecule has 2 heterocycles. The summed E-state index contributed by atoms with van der Waals surface area (Å²) in [5, 5.41) is 11.8. The molecule has 2 aliphatic rings. The van der Waals surface area contributed by atoms with Crippen molar-refractivity contribution in [2.75, 3.05) is 39.5 Å². The number of epoxide rings is 1. The van der Waals surface area contributed by atoms with Crippen molar-refractivity contribution in [3.63, 3.8) is 0 Å². The largest absolute Gasteiger partial charge is 0.426 e. The Morgan fingerprint density at radius 1 is 0.682 bits per heavy atom. The lowest BCUT2D eigenvalue weighted by molar-refractivity contribution is -0.940. The number of nitrogens with one attached hydrogen (secondary N) is 4. The van der Waals surface area contributed by atoms with Crippen LogP contribution in [-0.4, -0.2) is 115 Å². The van der Waals surface area contributed by atoms with Gasteiger partial charge in [0, 0.05) is 18.9 Å². The predicted molar refractivity (Wildman–Crippen MR) is 248 cm³/mol. The second-order valence-corrected chi connectivity index (χ2v) is 18.9. The minimum Gasteiger partial charge on any atom is -0.426 e. The maximum atomic E-state index is 14.5. The molecule has 5 rings (SSSR count). The fourth-order valence-electron chi connectivity index (χ4n) is 8.35. The third-order valence-corrected chi connectivity index (χ3v) is 12.0. The zero-order chi connectivity index (χ0) is 48.0. The molecular weight excluding hydrogens is 843 g/mol. The Hall–Kier alpha value is -5.77. The average Bonchev–Trinajstić information content (AvgIpc) is 4.02. The SMILES string of the molecule is CC(=O)Oc1ccc(C[N+]2(CC(=O)NC(CCc3ccccc3)C(=O)NC(CC(C)C)C(=O)NC(Cc3ccccc3)C(=O)NC(CC(C)C)C(=O)[C@@]3(C)CO3)CCOCC2)cc1C(C)=O. The molecule has 4 N–H and O–H groups in total. The van der Waals surface area contributed by atoms with Crippen molar-refractivity contribution in [2.24, 2.45) is 11.8 Å². The van der Waals surface area contributed by atoms with E-state index in [1.165, 1.54) is 13.8 Å². The van der Waals surface area contributed by atoms with Gasteiger partial charge in [-0.3, -0.25) is 33.6 Å². The smallest absolute Gasteiger partial charge is 0.308 e. The molecule has 0 spiro atoms. The van der Waals surface area contributed by atoms with Crippen LogP contribution in [0.3, 0.4) is 0 Å². The number of ether oxygens (including phenoxy) is 3. The van der Waals surface area contributed by atoms with E-state index in [4.69, 9.17) is 14.2 Å². The fourth-order valence-corrected chi connectivity index (χ4v) is 8.35. The lowest BCUT2D eigenvalue weighted by Gasteiger charge is -2.41. The molecule has 0 radical (unpaired) electrons. The lowest BCUT2D eigenvalue weighted by Crippen LogP contribution is -2.61. The first-order chi connectivity index (χ1) is 31.3. The second-order valence-electron chi connectivity index (χ2n) is 18.9. The molecule has 2 aliphatic heterocycles. The number of benzene rings is 3. The molecule has 15 heteroatoms. The third-order valence-electron chi connectivity index (χ3n) is 12.0. The van der Waals surface area contributed by atoms with Crippen molar-refractivity contribution in [1.29, 1.82) is 0 Å². The van der Waals surface area contributed by atoms with Gasteiger partial charge < -0.3 is 40.0 Å². The minimum atomic E-state index is -1.09. The second kappa shape index (κ2) is 23.6. The van der Waals surface area contributed by atoms with Crippen LogP contribution in [0.1, 0.15) is 94.8 Å². The average molecular weight is 911 g/mol. The molecule has 0 bridgehead atoms. The number of nitrogens with zero attached hydrogens (tertiary/aromatic N) is 1. The van der Waals surface area contributed by atoms with Crippen molar-refractivity contribution >= 4 is 41.2 Å². The highest BCUT2D eigenvalue weighted by Gasteiger charge is 2.50. The van der Waals surface area contributed by atoms with Crippen LogP contribution in [0.15, 0.2) is 78.9 Å². The molecule has 3 aromatic carbocycles. The number of hydrogen-bond donors (Lipinski definition) is 4. The Kier molecular flexibility index (Phi) is 18.3. The quantitative estimate of drug-likeness (QED) is 0.0328. The Morgan fingerprint density at radius 2 is 1.23 bits per heavy atom. The summed E-state index contributed by atoms with van der Waals surface area (Å²) >= 11 is 0. The van der Waals surface area contributed by atoms with Gasteiger partial charge in [0.2, 0.25) is 17.7 Å². The van der Waals surface area contributed by atoms with Gasteiger partial charge in [0.15, 0.2) is 18.1 Å². The van der Waals surface area contributed by atoms with E-state index < -0.39 is 53.5 Å². The molecular formula is C51H68N5O10+. The molecule has 2 fully saturated rings. The van der Waals surface area contributed by atoms with Crippen molar-refractivity contribution in [3.8, 4) is 5.75 Å². The monoisotopic (exact) mass is 910 g/mol. The van der Waals surface area contributed by atoms with E-state index in [1.807, 2.05) is 88.4 Å². The molecule has 66 heavy (non-hydrogen) atoms. The Labute approximate surface area is 388 Å². The van der Waals surface area contributed by atoms with E-state index in [0.29, 0.717) is 45.7 Å². The van der Waals surface area contributed by atoms with E-state index in [-0.39, 0.29) is 77.5 Å². The van der Waals surface area contributed by atoms with Gasteiger partial charge in [0.1, 0.15) is 49.1 Å². The van der Waals surface area contributed by atoms with Crippen molar-refractivity contribution in [3.05, 3.63) is 101 Å². The number of esters is 1. The first kappa shape index (κ1) is 51.2. The maximum Gasteiger partial charge on any atom is 0.308 e. The van der Waals surface area contributed by atoms with Crippen LogP contribution in [0.25, 0.3) is 0 Å². The van der Waals surface area contributed by atoms with Gasteiger partial charge in [0.25, 0.3) is 5.91 Å². The van der Waals surface area contributed by atoms with E-state index in [2.05, 4.69) is 21.3 Å². The lowest BCUT2D eigenvalue weighted by atomic mass is 9.93. The highest BCUT2D eigenvalue weighted by Crippen LogP contribution is 2.30. The number of Topliss-reactive ketones (excluding diaryl/α,β-unsaturated/α-hetero) is 2. The van der Waals surface area contributed by atoms with Gasteiger partial charge in [0.05, 0.1) is 31.4 Å². The summed E-state index contributed by atoms with van der Waals surface area (Å²) in [6.45, 7) is 14.5. The summed E-state index contributed by atoms with van der Waals surface area (Å²) < 4.78 is 16.7. The van der Waals surface area contributed by atoms with Gasteiger partial charge in [-0.15, -0.1) is 0 Å². The molecule has 0 aromatic heterocycles. The van der Waals surface area contributed by atoms with Crippen molar-refractivity contribution < 1.29 is 52.3 Å². The molecule has 4 amide bonds. The van der Waals surface area contributed by atoms with Crippen LogP contribution in [0.4, 0.5) is 0 Å². The zero-order valence-corrected chi connectivity index (χ0v) is 39.5. The van der Waals surface area contributed by atoms with Crippen LogP contribution < -0.4 is 26.0 Å². The number of amides is 4. The molecule has 0 aliphatic carbocycles. The first-order valence-corrected chi connectivity index (χ1v) is 23.1. The summed E-state index contributed by atoms with van der Waals surface area (Å²) in [5.41, 5.74) is 1.80. The number of carbonyl (C=O) groups is 7. The fraction of sp³-hybridized carbons (Fsp3) is 0.510. The summed E-state index contributed by atoms with van der Waals surface area (Å²) in [6.07, 6.45) is 1.43. The van der Waals surface area contributed by atoms with Crippen LogP contribution in [0, 0.1) is 11.8 Å². The van der Waals surface area contributed by atoms with E-state index >= 15 is 0 Å². The topological polar surface area (TPSA) is 199 Å². The summed E-state index contributed by atoms with van der Waals surface area (Å²) in [5.74, 6) is -2.88. The van der Waals surface area contributed by atoms with Gasteiger partial charge in [-0.2, -0.15) is 0 Å². The normalized spacial score (nSPS) is 18.3. The summed E-state index contributed by atoms with van der Waals surface area (Å²) in [6, 6.07) is 19.8. The molecule has 5 atom stereocenters. The van der Waals surface area contributed by atoms with Gasteiger partial charge in [-0.05, 0) is 80.7 Å². The zero-order valence-electron chi connectivity index (χ0n) is 39.5. The Morgan fingerprint density at radius 3 is 1.80 bits per heavy atom. The molecule has 3 aromatic rings. The predicted octanol–water partition coefficient (Wildman–Crippen LogP) is 4.43. The highest BCUT2D eigenvalue weighted by atomic mass is 16.6. The standard InChI is InChI=1S/C51H67N5O10/c1-33(2)26-42(47(60)51(7)32-65-51)53-50(63)44(29-38-16-12-9-13-17-38)55-49(62)43(27-34(3)4)54-48(61)41(20-18-37-14-10-8-11-15-37)52-46(59)31-56(22-24-64-25-23-56)30-39-19-21-45(66-36(6)58)40(28-39)35(5)57/h8-17,19,21,28,33-34,41-44H,18,20,22-27,29-32H2,1-7H3,(H3-,52,53,54,55,59,61,62,63)/p+1/t41?,42?,43?,44?,51-/m1/s1. The minimum absolute atomic E-state index is 0.00263. The van der Waals surface area contributed by atoms with Crippen LogP contribution >= 0.6 is 0 Å². The Balaban J connectivity index is 1.37. The van der Waals surface area contributed by atoms with Crippen molar-refractivity contribution in [1.82, 2.24) is 21.3 Å². The first-order valence-electron chi connectivity index (χ1n) is 23.1. The highest BCUT2D eigenvalue weighted by molar-refractivity contribution is 5.99. The number of quaternary nitrogens is 1. The number of rotatable bonds is 24. The molecule has 4 unspecified atom stereocenters. The number of carbonyl (C=O) groups excluding carboxylic acids is 7. The molecule has 2 saturated heterocycles. The number of ketones is 2. The molecule has 0 saturated carbocycles. The van der Waals surface area contributed by atoms with E-state index in [9.17, 15) is 33.6 Å². The van der Waals surface area contributed by atoms with Crippen LogP contribution in [-0.2, 0) is 57.6 Å². The summed E-state index contributed by atoms with van der Waals surface area (Å²) in [4.78, 5) is 95.0. The Bertz CT molecular complexity index is 2170. The maximum absolute atomic E-state index is 14.5. The van der Waals surface area contributed by atoms with E-state index in [1.54, 1.807) is 25.1 Å². The van der Waals surface area contributed by atoms with Crippen LogP contribution in [0.2, 0.25) is 0 Å². The third kappa shape index (κ3) is 15.4.